The topological polar surface area (TPSA) is 41.1 Å². The van der Waals surface area contributed by atoms with Crippen LogP contribution >= 0.6 is 0 Å². The maximum absolute atomic E-state index is 12.9. The van der Waals surface area contributed by atoms with Gasteiger partial charge in [-0.05, 0) is 48.6 Å². The Morgan fingerprint density at radius 3 is 2.06 bits per heavy atom. The Morgan fingerprint density at radius 2 is 1.50 bits per heavy atom. The van der Waals surface area contributed by atoms with Crippen LogP contribution in [0.1, 0.15) is 46.3 Å². The van der Waals surface area contributed by atoms with Crippen LogP contribution in [0.4, 0.5) is 13.2 Å². The van der Waals surface area contributed by atoms with Gasteiger partial charge >= 0.3 is 6.18 Å². The minimum atomic E-state index is -4.35. The van der Waals surface area contributed by atoms with Gasteiger partial charge in [-0.1, -0.05) is 72.3 Å². The predicted octanol–water partition coefficient (Wildman–Crippen LogP) is 5.76. The van der Waals surface area contributed by atoms with E-state index in [1.165, 1.54) is 12.1 Å². The number of aryl methyl sites for hydroxylation is 2. The van der Waals surface area contributed by atoms with Crippen LogP contribution in [-0.4, -0.2) is 13.0 Å². The number of carbonyl (C=O) groups excluding carboxylic acids is 1. The van der Waals surface area contributed by atoms with Crippen molar-refractivity contribution < 1.29 is 18.0 Å². The van der Waals surface area contributed by atoms with Gasteiger partial charge in [0.05, 0.1) is 5.56 Å². The number of alkyl halides is 3. The van der Waals surface area contributed by atoms with Gasteiger partial charge in [0.15, 0.2) is 0 Å². The largest absolute Gasteiger partial charge is 0.416 e. The molecule has 1 amide bonds. The highest BCUT2D eigenvalue weighted by molar-refractivity contribution is 5.83. The zero-order valence-corrected chi connectivity index (χ0v) is 18.1. The molecule has 6 heteroatoms. The molecular weight excluding hydrogens is 413 g/mol. The second-order valence-corrected chi connectivity index (χ2v) is 7.82. The highest BCUT2D eigenvalue weighted by Gasteiger charge is 2.30. The maximum atomic E-state index is 12.9. The van der Waals surface area contributed by atoms with Crippen molar-refractivity contribution in [1.29, 1.82) is 0 Å². The molecule has 32 heavy (non-hydrogen) atoms. The molecule has 3 rings (SSSR count). The number of rotatable bonds is 8. The summed E-state index contributed by atoms with van der Waals surface area (Å²) in [5.74, 6) is -0.150. The van der Waals surface area contributed by atoms with Crippen LogP contribution in [0, 0.1) is 6.92 Å². The van der Waals surface area contributed by atoms with Gasteiger partial charge in [0, 0.05) is 13.1 Å². The third-order valence-electron chi connectivity index (χ3n) is 5.49. The smallest absolute Gasteiger partial charge is 0.358 e. The lowest BCUT2D eigenvalue weighted by molar-refractivity contribution is -0.137. The molecule has 0 spiro atoms. The number of carbonyl (C=O) groups is 1. The fourth-order valence-corrected chi connectivity index (χ4v) is 3.63. The molecule has 3 aromatic rings. The first-order valence-electron chi connectivity index (χ1n) is 10.5. The second kappa shape index (κ2) is 10.5. The van der Waals surface area contributed by atoms with E-state index < -0.39 is 17.8 Å². The first kappa shape index (κ1) is 23.5. The summed E-state index contributed by atoms with van der Waals surface area (Å²) in [5.41, 5.74) is 3.15. The molecule has 3 aromatic carbocycles. The van der Waals surface area contributed by atoms with Crippen molar-refractivity contribution in [3.05, 3.63) is 107 Å². The number of likely N-dealkylation sites (N-methyl/N-ethyl adjacent to an activating group) is 1. The maximum Gasteiger partial charge on any atom is 0.416 e. The fourth-order valence-electron chi connectivity index (χ4n) is 3.63. The van der Waals surface area contributed by atoms with Crippen molar-refractivity contribution in [2.75, 3.05) is 7.05 Å². The van der Waals surface area contributed by atoms with E-state index in [0.717, 1.165) is 34.4 Å². The number of amides is 1. The normalized spacial score (nSPS) is 13.4. The number of hydrogen-bond acceptors (Lipinski definition) is 2. The van der Waals surface area contributed by atoms with Gasteiger partial charge in [0.2, 0.25) is 5.91 Å². The van der Waals surface area contributed by atoms with Crippen LogP contribution in [0.5, 0.6) is 0 Å². The van der Waals surface area contributed by atoms with E-state index in [0.29, 0.717) is 12.8 Å². The highest BCUT2D eigenvalue weighted by atomic mass is 19.4. The fraction of sp³-hybridized carbons (Fsp3) is 0.269. The standard InChI is InChI=1S/C26H27F3N2O/c1-18-8-13-20(14-9-18)23(17-12-19-10-15-22(16-11-19)26(27,28)29)31-24(25(32)30-2)21-6-4-3-5-7-21/h3-11,13-16,23-24,31H,12,17H2,1-2H3,(H,30,32)/t23-,24-/m1/s1. The molecule has 0 unspecified atom stereocenters. The van der Waals surface area contributed by atoms with Crippen LogP contribution in [0.15, 0.2) is 78.9 Å². The summed E-state index contributed by atoms with van der Waals surface area (Å²) in [6.07, 6.45) is -3.16. The molecule has 0 aliphatic carbocycles. The molecule has 2 atom stereocenters. The molecule has 0 radical (unpaired) electrons. The molecule has 0 saturated heterocycles. The average molecular weight is 441 g/mol. The molecule has 0 aliphatic rings. The molecule has 0 aliphatic heterocycles. The lowest BCUT2D eigenvalue weighted by atomic mass is 9.95. The average Bonchev–Trinajstić information content (AvgIpc) is 2.80. The molecule has 3 nitrogen and oxygen atoms in total. The third-order valence-corrected chi connectivity index (χ3v) is 5.49. The van der Waals surface area contributed by atoms with E-state index >= 15 is 0 Å². The van der Waals surface area contributed by atoms with Gasteiger partial charge in [-0.25, -0.2) is 0 Å². The predicted molar refractivity (Wildman–Crippen MR) is 120 cm³/mol. The molecule has 168 valence electrons. The Morgan fingerprint density at radius 1 is 0.875 bits per heavy atom. The summed E-state index contributed by atoms with van der Waals surface area (Å²) in [4.78, 5) is 12.7. The molecule has 0 saturated carbocycles. The summed E-state index contributed by atoms with van der Waals surface area (Å²) in [6, 6.07) is 22.1. The quantitative estimate of drug-likeness (QED) is 0.467. The van der Waals surface area contributed by atoms with Crippen molar-refractivity contribution in [3.63, 3.8) is 0 Å². The molecule has 0 bridgehead atoms. The Labute approximate surface area is 186 Å². The van der Waals surface area contributed by atoms with Crippen LogP contribution in [-0.2, 0) is 17.4 Å². The van der Waals surface area contributed by atoms with E-state index in [4.69, 9.17) is 0 Å². The van der Waals surface area contributed by atoms with Gasteiger partial charge in [0.1, 0.15) is 6.04 Å². The van der Waals surface area contributed by atoms with Crippen molar-refractivity contribution >= 4 is 5.91 Å². The Hall–Kier alpha value is -3.12. The van der Waals surface area contributed by atoms with Crippen molar-refractivity contribution in [3.8, 4) is 0 Å². The highest BCUT2D eigenvalue weighted by Crippen LogP contribution is 2.30. The summed E-state index contributed by atoms with van der Waals surface area (Å²) >= 11 is 0. The van der Waals surface area contributed by atoms with Crippen molar-refractivity contribution in [2.24, 2.45) is 0 Å². The van der Waals surface area contributed by atoms with Crippen molar-refractivity contribution in [2.45, 2.75) is 38.0 Å². The Kier molecular flexibility index (Phi) is 7.70. The zero-order chi connectivity index (χ0) is 23.1. The van der Waals surface area contributed by atoms with Gasteiger partial charge in [-0.15, -0.1) is 0 Å². The zero-order valence-electron chi connectivity index (χ0n) is 18.1. The lowest BCUT2D eigenvalue weighted by Gasteiger charge is -2.26. The Bertz CT molecular complexity index is 1000. The van der Waals surface area contributed by atoms with Crippen LogP contribution in [0.2, 0.25) is 0 Å². The summed E-state index contributed by atoms with van der Waals surface area (Å²) in [5, 5.41) is 6.19. The number of halogens is 3. The van der Waals surface area contributed by atoms with E-state index in [1.54, 1.807) is 7.05 Å². The molecule has 0 fully saturated rings. The third kappa shape index (κ3) is 6.20. The monoisotopic (exact) mass is 440 g/mol. The van der Waals surface area contributed by atoms with Crippen LogP contribution in [0.25, 0.3) is 0 Å². The van der Waals surface area contributed by atoms with Crippen molar-refractivity contribution in [1.82, 2.24) is 10.6 Å². The van der Waals surface area contributed by atoms with Crippen LogP contribution in [0.3, 0.4) is 0 Å². The molecule has 0 aromatic heterocycles. The van der Waals surface area contributed by atoms with E-state index in [-0.39, 0.29) is 11.9 Å². The summed E-state index contributed by atoms with van der Waals surface area (Å²) in [6.45, 7) is 2.01. The van der Waals surface area contributed by atoms with Gasteiger partial charge in [-0.2, -0.15) is 13.2 Å². The SMILES string of the molecule is CNC(=O)[C@H](N[C@H](CCc1ccc(C(F)(F)F)cc1)c1ccc(C)cc1)c1ccccc1. The van der Waals surface area contributed by atoms with E-state index in [2.05, 4.69) is 10.6 Å². The second-order valence-electron chi connectivity index (χ2n) is 7.82. The number of benzene rings is 3. The minimum Gasteiger partial charge on any atom is -0.358 e. The van der Waals surface area contributed by atoms with Crippen LogP contribution < -0.4 is 10.6 Å². The summed E-state index contributed by atoms with van der Waals surface area (Å²) in [7, 11) is 1.60. The first-order chi connectivity index (χ1) is 15.3. The number of nitrogens with one attached hydrogen (secondary N) is 2. The molecule has 2 N–H and O–H groups in total. The van der Waals surface area contributed by atoms with Gasteiger partial charge in [-0.3, -0.25) is 10.1 Å². The number of hydrogen-bond donors (Lipinski definition) is 2. The first-order valence-corrected chi connectivity index (χ1v) is 10.5. The van der Waals surface area contributed by atoms with E-state index in [9.17, 15) is 18.0 Å². The lowest BCUT2D eigenvalue weighted by Crippen LogP contribution is -2.38. The molecule has 0 heterocycles. The van der Waals surface area contributed by atoms with Gasteiger partial charge in [0.25, 0.3) is 0 Å². The van der Waals surface area contributed by atoms with E-state index in [1.807, 2.05) is 61.5 Å². The summed E-state index contributed by atoms with van der Waals surface area (Å²) < 4.78 is 38.6. The molecular formula is C26H27F3N2O. The van der Waals surface area contributed by atoms with Gasteiger partial charge < -0.3 is 5.32 Å². The Balaban J connectivity index is 1.83. The minimum absolute atomic E-state index is 0.150.